The van der Waals surface area contributed by atoms with E-state index in [4.69, 9.17) is 0 Å². The molecule has 1 spiro atoms. The van der Waals surface area contributed by atoms with Crippen LogP contribution in [0.5, 0.6) is 0 Å². The van der Waals surface area contributed by atoms with Crippen LogP contribution in [0.2, 0.25) is 0 Å². The first-order valence-corrected chi connectivity index (χ1v) is 4.51. The second-order valence-corrected chi connectivity index (χ2v) is 4.68. The van der Waals surface area contributed by atoms with Gasteiger partial charge in [-0.2, -0.15) is 0 Å². The van der Waals surface area contributed by atoms with Crippen LogP contribution in [0, 0.1) is 5.41 Å². The van der Waals surface area contributed by atoms with E-state index in [1.54, 1.807) is 0 Å². The predicted octanol–water partition coefficient (Wildman–Crippen LogP) is 2.13. The Labute approximate surface area is 71.7 Å². The van der Waals surface area contributed by atoms with E-state index >= 15 is 0 Å². The fraction of sp³-hybridized carbons (Fsp3) is 1.00. The molecular weight excluding hydrogens is 160 g/mol. The van der Waals surface area contributed by atoms with E-state index in [0.717, 1.165) is 13.0 Å². The van der Waals surface area contributed by atoms with Crippen molar-refractivity contribution in [3.63, 3.8) is 0 Å². The summed E-state index contributed by atoms with van der Waals surface area (Å²) < 4.78 is 25.3. The van der Waals surface area contributed by atoms with Gasteiger partial charge in [0.2, 0.25) is 5.92 Å². The topological polar surface area (TPSA) is 3.24 Å². The molecule has 1 heterocycles. The minimum Gasteiger partial charge on any atom is -0.303 e. The molecule has 0 aromatic rings. The van der Waals surface area contributed by atoms with E-state index in [2.05, 4.69) is 11.8 Å². The molecule has 1 saturated carbocycles. The van der Waals surface area contributed by atoms with Gasteiger partial charge in [-0.3, -0.25) is 0 Å². The average molecular weight is 175 g/mol. The summed E-state index contributed by atoms with van der Waals surface area (Å²) in [7, 11) is 2.02. The third-order valence-electron chi connectivity index (χ3n) is 3.33. The Bertz CT molecular complexity index is 175. The van der Waals surface area contributed by atoms with Crippen molar-refractivity contribution in [1.29, 1.82) is 0 Å². The van der Waals surface area contributed by atoms with Gasteiger partial charge in [0.05, 0.1) is 0 Å². The second kappa shape index (κ2) is 2.19. The van der Waals surface area contributed by atoms with Gasteiger partial charge in [0.1, 0.15) is 0 Å². The van der Waals surface area contributed by atoms with E-state index in [9.17, 15) is 8.78 Å². The normalized spacial score (nSPS) is 38.5. The lowest BCUT2D eigenvalue weighted by atomic mass is 9.65. The Balaban J connectivity index is 2.01. The van der Waals surface area contributed by atoms with Gasteiger partial charge in [0.25, 0.3) is 0 Å². The second-order valence-electron chi connectivity index (χ2n) is 4.68. The highest BCUT2D eigenvalue weighted by Gasteiger charge is 2.59. The third kappa shape index (κ3) is 1.15. The van der Waals surface area contributed by atoms with Crippen LogP contribution in [0.1, 0.15) is 26.2 Å². The molecule has 2 aliphatic rings. The van der Waals surface area contributed by atoms with Gasteiger partial charge in [-0.1, -0.05) is 0 Å². The monoisotopic (exact) mass is 175 g/mol. The van der Waals surface area contributed by atoms with Crippen LogP contribution in [0.3, 0.4) is 0 Å². The van der Waals surface area contributed by atoms with Gasteiger partial charge in [0.15, 0.2) is 0 Å². The molecule has 1 aliphatic heterocycles. The Kier molecular flexibility index (Phi) is 1.54. The van der Waals surface area contributed by atoms with Crippen LogP contribution < -0.4 is 0 Å². The molecule has 70 valence electrons. The summed E-state index contributed by atoms with van der Waals surface area (Å²) in [4.78, 5) is 2.19. The maximum absolute atomic E-state index is 12.7. The lowest BCUT2D eigenvalue weighted by molar-refractivity contribution is -0.155. The number of rotatable bonds is 0. The molecule has 1 saturated heterocycles. The smallest absolute Gasteiger partial charge is 0.249 e. The maximum Gasteiger partial charge on any atom is 0.249 e. The van der Waals surface area contributed by atoms with Crippen molar-refractivity contribution < 1.29 is 8.78 Å². The fourth-order valence-corrected chi connectivity index (χ4v) is 2.83. The van der Waals surface area contributed by atoms with E-state index in [1.165, 1.54) is 0 Å². The van der Waals surface area contributed by atoms with Crippen molar-refractivity contribution in [2.75, 3.05) is 13.6 Å². The van der Waals surface area contributed by atoms with Gasteiger partial charge < -0.3 is 4.90 Å². The largest absolute Gasteiger partial charge is 0.303 e. The van der Waals surface area contributed by atoms with Crippen LogP contribution >= 0.6 is 0 Å². The Morgan fingerprint density at radius 1 is 1.33 bits per heavy atom. The highest BCUT2D eigenvalue weighted by Crippen LogP contribution is 2.57. The predicted molar refractivity (Wildman–Crippen MR) is 43.3 cm³/mol. The molecule has 0 aromatic heterocycles. The van der Waals surface area contributed by atoms with Crippen LogP contribution in [-0.2, 0) is 0 Å². The fourth-order valence-electron chi connectivity index (χ4n) is 2.83. The first-order chi connectivity index (χ1) is 5.43. The molecule has 1 nitrogen and oxygen atoms in total. The zero-order valence-electron chi connectivity index (χ0n) is 7.61. The molecule has 0 aromatic carbocycles. The summed E-state index contributed by atoms with van der Waals surface area (Å²) in [5.41, 5.74) is -0.0301. The minimum absolute atomic E-state index is 0.0301. The number of nitrogens with zero attached hydrogens (tertiary/aromatic N) is 1. The zero-order chi connectivity index (χ0) is 8.98. The molecule has 2 rings (SSSR count). The zero-order valence-corrected chi connectivity index (χ0v) is 7.61. The molecular formula is C9H15F2N. The SMILES string of the molecule is CC1CC2(CN1C)CC(F)(F)C2. The summed E-state index contributed by atoms with van der Waals surface area (Å²) in [6.45, 7) is 2.98. The molecule has 0 radical (unpaired) electrons. The van der Waals surface area contributed by atoms with Gasteiger partial charge in [0, 0.05) is 25.4 Å². The van der Waals surface area contributed by atoms with Crippen LogP contribution in [0.25, 0.3) is 0 Å². The molecule has 1 atom stereocenters. The highest BCUT2D eigenvalue weighted by atomic mass is 19.3. The van der Waals surface area contributed by atoms with Crippen molar-refractivity contribution in [2.45, 2.75) is 38.2 Å². The van der Waals surface area contributed by atoms with E-state index < -0.39 is 5.92 Å². The number of halogens is 2. The molecule has 2 fully saturated rings. The molecule has 0 N–H and O–H groups in total. The Morgan fingerprint density at radius 2 is 1.92 bits per heavy atom. The van der Waals surface area contributed by atoms with Crippen LogP contribution in [0.15, 0.2) is 0 Å². The molecule has 1 aliphatic carbocycles. The molecule has 1 unspecified atom stereocenters. The minimum atomic E-state index is -2.36. The highest BCUT2D eigenvalue weighted by molar-refractivity contribution is 5.05. The molecule has 3 heteroatoms. The molecule has 0 bridgehead atoms. The molecule has 0 amide bonds. The van der Waals surface area contributed by atoms with Crippen LogP contribution in [0.4, 0.5) is 8.78 Å². The van der Waals surface area contributed by atoms with Crippen LogP contribution in [-0.4, -0.2) is 30.5 Å². The summed E-state index contributed by atoms with van der Waals surface area (Å²) >= 11 is 0. The van der Waals surface area contributed by atoms with E-state index in [1.807, 2.05) is 7.05 Å². The van der Waals surface area contributed by atoms with Crippen molar-refractivity contribution >= 4 is 0 Å². The van der Waals surface area contributed by atoms with Crippen molar-refractivity contribution in [3.05, 3.63) is 0 Å². The lowest BCUT2D eigenvalue weighted by Crippen LogP contribution is -2.47. The summed E-state index contributed by atoms with van der Waals surface area (Å²) in [6.07, 6.45) is 1.20. The Morgan fingerprint density at radius 3 is 2.25 bits per heavy atom. The standard InChI is InChI=1S/C9H15F2N/c1-7-3-8(6-12(7)2)4-9(10,11)5-8/h7H,3-6H2,1-2H3. The summed E-state index contributed by atoms with van der Waals surface area (Å²) in [5.74, 6) is -2.36. The third-order valence-corrected chi connectivity index (χ3v) is 3.33. The van der Waals surface area contributed by atoms with Gasteiger partial charge in [-0.15, -0.1) is 0 Å². The summed E-state index contributed by atoms with van der Waals surface area (Å²) in [5, 5.41) is 0. The Hall–Kier alpha value is -0.180. The van der Waals surface area contributed by atoms with E-state index in [-0.39, 0.29) is 18.3 Å². The van der Waals surface area contributed by atoms with Crippen molar-refractivity contribution in [2.24, 2.45) is 5.41 Å². The van der Waals surface area contributed by atoms with Crippen molar-refractivity contribution in [3.8, 4) is 0 Å². The number of hydrogen-bond acceptors (Lipinski definition) is 1. The van der Waals surface area contributed by atoms with Gasteiger partial charge >= 0.3 is 0 Å². The average Bonchev–Trinajstić information content (AvgIpc) is 2.04. The summed E-state index contributed by atoms with van der Waals surface area (Å²) in [6, 6.07) is 0.487. The lowest BCUT2D eigenvalue weighted by Gasteiger charge is -2.44. The number of likely N-dealkylation sites (tertiary alicyclic amines) is 1. The quantitative estimate of drug-likeness (QED) is 0.545. The van der Waals surface area contributed by atoms with Crippen molar-refractivity contribution in [1.82, 2.24) is 4.90 Å². The first-order valence-electron chi connectivity index (χ1n) is 4.51. The number of alkyl halides is 2. The molecule has 12 heavy (non-hydrogen) atoms. The van der Waals surface area contributed by atoms with Gasteiger partial charge in [-0.05, 0) is 25.8 Å². The van der Waals surface area contributed by atoms with E-state index in [0.29, 0.717) is 6.04 Å². The van der Waals surface area contributed by atoms with Gasteiger partial charge in [-0.25, -0.2) is 8.78 Å². The maximum atomic E-state index is 12.7. The number of hydrogen-bond donors (Lipinski definition) is 0. The first kappa shape index (κ1) is 8.42.